The molecule has 2 N–H and O–H groups in total. The fourth-order valence-corrected chi connectivity index (χ4v) is 2.23. The third-order valence-electron chi connectivity index (χ3n) is 3.32. The number of hydrogen-bond donors (Lipinski definition) is 1. The highest BCUT2D eigenvalue weighted by Crippen LogP contribution is 2.36. The number of hydrogen-bond acceptors (Lipinski definition) is 5. The van der Waals surface area contributed by atoms with Gasteiger partial charge < -0.3 is 10.5 Å². The molecule has 1 aliphatic rings. The lowest BCUT2D eigenvalue weighted by Gasteiger charge is -2.32. The molecule has 2 aromatic rings. The average Bonchev–Trinajstić information content (AvgIpc) is 2.36. The second-order valence-electron chi connectivity index (χ2n) is 4.72. The minimum atomic E-state index is -0.465. The Labute approximate surface area is 109 Å². The van der Waals surface area contributed by atoms with Crippen LogP contribution in [0.5, 0.6) is 5.75 Å². The molecule has 0 amide bonds. The van der Waals surface area contributed by atoms with Crippen LogP contribution in [-0.4, -0.2) is 22.1 Å². The molecule has 3 rings (SSSR count). The normalized spacial score (nSPS) is 21.9. The Kier molecular flexibility index (Phi) is 2.79. The number of nitro groups is 1. The molecule has 0 aliphatic heterocycles. The highest BCUT2D eigenvalue weighted by atomic mass is 16.6. The van der Waals surface area contributed by atoms with E-state index in [-0.39, 0.29) is 17.8 Å². The van der Waals surface area contributed by atoms with E-state index >= 15 is 0 Å². The van der Waals surface area contributed by atoms with Gasteiger partial charge in [-0.05, 0) is 25.0 Å². The number of rotatable bonds is 3. The Bertz CT molecular complexity index is 638. The summed E-state index contributed by atoms with van der Waals surface area (Å²) in [5.41, 5.74) is 6.30. The summed E-state index contributed by atoms with van der Waals surface area (Å²) in [5.74, 6) is 0.299. The second-order valence-corrected chi connectivity index (χ2v) is 4.72. The van der Waals surface area contributed by atoms with Crippen LogP contribution >= 0.6 is 0 Å². The van der Waals surface area contributed by atoms with E-state index < -0.39 is 4.92 Å². The number of pyridine rings is 1. The van der Waals surface area contributed by atoms with E-state index in [0.29, 0.717) is 16.7 Å². The van der Waals surface area contributed by atoms with Gasteiger partial charge in [0, 0.05) is 11.4 Å². The molecule has 1 heterocycles. The smallest absolute Gasteiger partial charge is 0.329 e. The van der Waals surface area contributed by atoms with Crippen LogP contribution in [0.1, 0.15) is 12.8 Å². The fourth-order valence-electron chi connectivity index (χ4n) is 2.23. The van der Waals surface area contributed by atoms with Crippen LogP contribution in [0.15, 0.2) is 30.5 Å². The first-order chi connectivity index (χ1) is 9.15. The summed E-state index contributed by atoms with van der Waals surface area (Å²) in [6.07, 6.45) is 2.66. The van der Waals surface area contributed by atoms with Crippen LogP contribution in [0.2, 0.25) is 0 Å². The molecular weight excluding hydrogens is 246 g/mol. The fraction of sp³-hybridized carbons (Fsp3) is 0.308. The van der Waals surface area contributed by atoms with E-state index in [1.54, 1.807) is 12.1 Å². The van der Waals surface area contributed by atoms with Crippen molar-refractivity contribution in [2.24, 2.45) is 5.73 Å². The first kappa shape index (κ1) is 11.9. The second kappa shape index (κ2) is 4.47. The molecule has 0 spiro atoms. The molecule has 1 aliphatic carbocycles. The molecule has 0 bridgehead atoms. The number of ether oxygens (including phenoxy) is 1. The van der Waals surface area contributed by atoms with Gasteiger partial charge in [0.2, 0.25) is 5.75 Å². The Balaban J connectivity index is 2.06. The molecule has 19 heavy (non-hydrogen) atoms. The van der Waals surface area contributed by atoms with Gasteiger partial charge >= 0.3 is 5.69 Å². The van der Waals surface area contributed by atoms with Gasteiger partial charge in [0.25, 0.3) is 0 Å². The van der Waals surface area contributed by atoms with Gasteiger partial charge in [-0.1, -0.05) is 12.1 Å². The zero-order chi connectivity index (χ0) is 13.4. The summed E-state index contributed by atoms with van der Waals surface area (Å²) in [6, 6.07) is 7.37. The predicted molar refractivity (Wildman–Crippen MR) is 70.0 cm³/mol. The minimum absolute atomic E-state index is 0.0421. The Morgan fingerprint density at radius 1 is 1.37 bits per heavy atom. The maximum Gasteiger partial charge on any atom is 0.329 e. The van der Waals surface area contributed by atoms with Crippen molar-refractivity contribution in [1.82, 2.24) is 4.98 Å². The number of para-hydroxylation sites is 1. The first-order valence-electron chi connectivity index (χ1n) is 6.09. The van der Waals surface area contributed by atoms with Crippen LogP contribution in [0.4, 0.5) is 5.69 Å². The largest absolute Gasteiger partial charge is 0.483 e. The van der Waals surface area contributed by atoms with Crippen molar-refractivity contribution in [3.8, 4) is 5.75 Å². The molecule has 1 saturated carbocycles. The van der Waals surface area contributed by atoms with Gasteiger partial charge in [-0.15, -0.1) is 0 Å². The van der Waals surface area contributed by atoms with E-state index in [2.05, 4.69) is 4.98 Å². The predicted octanol–water partition coefficient (Wildman–Crippen LogP) is 2.01. The summed E-state index contributed by atoms with van der Waals surface area (Å²) in [4.78, 5) is 14.7. The van der Waals surface area contributed by atoms with Crippen LogP contribution in [0.3, 0.4) is 0 Å². The third kappa shape index (κ3) is 2.10. The van der Waals surface area contributed by atoms with E-state index in [1.807, 2.05) is 12.1 Å². The van der Waals surface area contributed by atoms with Crippen molar-refractivity contribution >= 4 is 16.6 Å². The molecule has 0 unspecified atom stereocenters. The van der Waals surface area contributed by atoms with Gasteiger partial charge in [0.1, 0.15) is 12.3 Å². The molecule has 1 fully saturated rings. The lowest BCUT2D eigenvalue weighted by molar-refractivity contribution is -0.386. The molecule has 1 aromatic carbocycles. The molecule has 1 aromatic heterocycles. The van der Waals surface area contributed by atoms with E-state index in [4.69, 9.17) is 10.5 Å². The summed E-state index contributed by atoms with van der Waals surface area (Å²) in [7, 11) is 0. The van der Waals surface area contributed by atoms with Crippen LogP contribution in [0, 0.1) is 10.1 Å². The van der Waals surface area contributed by atoms with Crippen LogP contribution < -0.4 is 10.5 Å². The quantitative estimate of drug-likeness (QED) is 0.672. The minimum Gasteiger partial charge on any atom is -0.483 e. The molecule has 6 heteroatoms. The van der Waals surface area contributed by atoms with Crippen molar-refractivity contribution in [2.45, 2.75) is 25.0 Å². The van der Waals surface area contributed by atoms with Gasteiger partial charge in [-0.2, -0.15) is 0 Å². The Morgan fingerprint density at radius 3 is 2.79 bits per heavy atom. The van der Waals surface area contributed by atoms with Crippen LogP contribution in [-0.2, 0) is 0 Å². The lowest BCUT2D eigenvalue weighted by Crippen LogP contribution is -2.43. The van der Waals surface area contributed by atoms with Crippen LogP contribution in [0.25, 0.3) is 10.9 Å². The van der Waals surface area contributed by atoms with Crippen molar-refractivity contribution < 1.29 is 9.66 Å². The van der Waals surface area contributed by atoms with Crippen molar-refractivity contribution in [2.75, 3.05) is 0 Å². The first-order valence-corrected chi connectivity index (χ1v) is 6.09. The zero-order valence-electron chi connectivity index (χ0n) is 10.2. The summed E-state index contributed by atoms with van der Waals surface area (Å²) in [5, 5.41) is 11.7. The lowest BCUT2D eigenvalue weighted by atomic mass is 9.90. The number of aromatic nitrogens is 1. The maximum absolute atomic E-state index is 11.1. The van der Waals surface area contributed by atoms with E-state index in [0.717, 1.165) is 12.8 Å². The number of nitrogens with zero attached hydrogens (tertiary/aromatic N) is 2. The third-order valence-corrected chi connectivity index (χ3v) is 3.32. The molecule has 0 atom stereocenters. The number of benzene rings is 1. The average molecular weight is 259 g/mol. The van der Waals surface area contributed by atoms with Gasteiger partial charge in [0.15, 0.2) is 0 Å². The molecule has 0 saturated heterocycles. The van der Waals surface area contributed by atoms with E-state index in [9.17, 15) is 10.1 Å². The van der Waals surface area contributed by atoms with Gasteiger partial charge in [-0.25, -0.2) is 4.98 Å². The van der Waals surface area contributed by atoms with Crippen molar-refractivity contribution in [3.63, 3.8) is 0 Å². The van der Waals surface area contributed by atoms with E-state index in [1.165, 1.54) is 6.20 Å². The summed E-state index contributed by atoms with van der Waals surface area (Å²) >= 11 is 0. The van der Waals surface area contributed by atoms with Gasteiger partial charge in [-0.3, -0.25) is 10.1 Å². The molecular formula is C13H13N3O3. The Morgan fingerprint density at radius 2 is 2.11 bits per heavy atom. The monoisotopic (exact) mass is 259 g/mol. The molecule has 98 valence electrons. The highest BCUT2D eigenvalue weighted by Gasteiger charge is 2.31. The van der Waals surface area contributed by atoms with Crippen molar-refractivity contribution in [3.05, 3.63) is 40.6 Å². The standard InChI is InChI=1S/C13H13N3O3/c14-8-5-9(6-8)19-13-10-3-1-2-4-11(10)15-7-12(13)16(17)18/h1-4,7-9H,5-6,14H2. The molecule has 0 radical (unpaired) electrons. The maximum atomic E-state index is 11.1. The van der Waals surface area contributed by atoms with Crippen molar-refractivity contribution in [1.29, 1.82) is 0 Å². The highest BCUT2D eigenvalue weighted by molar-refractivity contribution is 5.88. The van der Waals surface area contributed by atoms with Gasteiger partial charge in [0.05, 0.1) is 10.4 Å². The topological polar surface area (TPSA) is 91.3 Å². The Hall–Kier alpha value is -2.21. The summed E-state index contributed by atoms with van der Waals surface area (Å²) in [6.45, 7) is 0. The number of nitrogens with two attached hydrogens (primary N) is 1. The zero-order valence-corrected chi connectivity index (χ0v) is 10.2. The SMILES string of the molecule is NC1CC(Oc2c([N+](=O)[O-])cnc3ccccc23)C1. The molecule has 6 nitrogen and oxygen atoms in total. The number of fused-ring (bicyclic) bond motifs is 1. The summed E-state index contributed by atoms with van der Waals surface area (Å²) < 4.78 is 5.76.